The van der Waals surface area contributed by atoms with Crippen molar-refractivity contribution in [1.82, 2.24) is 0 Å². The highest BCUT2D eigenvalue weighted by molar-refractivity contribution is 8.01. The van der Waals surface area contributed by atoms with Gasteiger partial charge in [-0.2, -0.15) is 0 Å². The minimum absolute atomic E-state index is 0.0824. The Morgan fingerprint density at radius 1 is 1.03 bits per heavy atom. The van der Waals surface area contributed by atoms with E-state index in [1.54, 1.807) is 29.2 Å². The first kappa shape index (κ1) is 20.2. The lowest BCUT2D eigenvalue weighted by molar-refractivity contribution is -0.118. The number of anilines is 1. The van der Waals surface area contributed by atoms with Crippen LogP contribution in [0.5, 0.6) is 0 Å². The minimum atomic E-state index is -0.995. The predicted octanol–water partition coefficient (Wildman–Crippen LogP) is 5.08. The second-order valence-electron chi connectivity index (χ2n) is 7.31. The highest BCUT2D eigenvalue weighted by atomic mass is 32.2. The number of fused-ring (bicyclic) bond motifs is 1. The zero-order valence-corrected chi connectivity index (χ0v) is 17.2. The summed E-state index contributed by atoms with van der Waals surface area (Å²) in [7, 11) is 0. The first-order valence-electron chi connectivity index (χ1n) is 9.56. The number of amides is 1. The third kappa shape index (κ3) is 4.09. The summed E-state index contributed by atoms with van der Waals surface area (Å²) in [5.41, 5.74) is 3.72. The third-order valence-electron chi connectivity index (χ3n) is 5.12. The summed E-state index contributed by atoms with van der Waals surface area (Å²) in [5, 5.41) is 8.57. The molecule has 1 atom stereocenters. The van der Waals surface area contributed by atoms with Crippen molar-refractivity contribution in [2.45, 2.75) is 30.0 Å². The maximum atomic E-state index is 14.6. The van der Waals surface area contributed by atoms with Gasteiger partial charge in [0.15, 0.2) is 0 Å². The Labute approximate surface area is 178 Å². The van der Waals surface area contributed by atoms with E-state index < -0.39 is 11.2 Å². The van der Waals surface area contributed by atoms with Gasteiger partial charge in [0.05, 0.1) is 27.9 Å². The molecular formula is C24H20FNO3S. The van der Waals surface area contributed by atoms with E-state index in [0.717, 1.165) is 16.7 Å². The zero-order valence-electron chi connectivity index (χ0n) is 16.3. The maximum absolute atomic E-state index is 14.6. The molecule has 0 spiro atoms. The largest absolute Gasteiger partial charge is 0.478 e. The fraction of sp³-hybridized carbons (Fsp3) is 0.167. The smallest absolute Gasteiger partial charge is 0.335 e. The molecule has 1 heterocycles. The first-order valence-corrected chi connectivity index (χ1v) is 10.4. The fourth-order valence-corrected chi connectivity index (χ4v) is 4.75. The molecule has 1 aliphatic rings. The number of nitrogens with zero attached hydrogens (tertiary/aromatic N) is 1. The van der Waals surface area contributed by atoms with Crippen LogP contribution in [0.15, 0.2) is 71.6 Å². The van der Waals surface area contributed by atoms with E-state index in [4.69, 9.17) is 5.11 Å². The fourth-order valence-electron chi connectivity index (χ4n) is 3.48. The molecular weight excluding hydrogens is 401 g/mol. The second-order valence-corrected chi connectivity index (χ2v) is 8.52. The van der Waals surface area contributed by atoms with E-state index in [1.807, 2.05) is 31.2 Å². The number of rotatable bonds is 5. The summed E-state index contributed by atoms with van der Waals surface area (Å²) in [4.78, 5) is 26.5. The minimum Gasteiger partial charge on any atom is -0.478 e. The lowest BCUT2D eigenvalue weighted by atomic mass is 10.1. The Morgan fingerprint density at radius 3 is 2.37 bits per heavy atom. The van der Waals surface area contributed by atoms with Gasteiger partial charge in [-0.3, -0.25) is 4.79 Å². The predicted molar refractivity (Wildman–Crippen MR) is 116 cm³/mol. The molecule has 4 rings (SSSR count). The number of hydrogen-bond donors (Lipinski definition) is 1. The summed E-state index contributed by atoms with van der Waals surface area (Å²) in [5.74, 6) is -1.42. The number of carboxylic acids is 1. The second kappa shape index (κ2) is 8.32. The van der Waals surface area contributed by atoms with Gasteiger partial charge in [0.25, 0.3) is 0 Å². The van der Waals surface area contributed by atoms with Gasteiger partial charge in [0.2, 0.25) is 5.91 Å². The summed E-state index contributed by atoms with van der Waals surface area (Å²) in [6.07, 6.45) is 0.390. The molecule has 6 heteroatoms. The van der Waals surface area contributed by atoms with E-state index >= 15 is 0 Å². The number of carbonyl (C=O) groups excluding carboxylic acids is 1. The van der Waals surface area contributed by atoms with Crippen molar-refractivity contribution < 1.29 is 19.1 Å². The number of aromatic carboxylic acids is 1. The lowest BCUT2D eigenvalue weighted by Crippen LogP contribution is -2.41. The SMILES string of the molecule is Cc1ccc(CN2C(=O)[C@@H](Cc3ccc(C(=O)O)cc3)Sc3c(F)cccc32)cc1. The van der Waals surface area contributed by atoms with Crippen molar-refractivity contribution in [3.05, 3.63) is 94.8 Å². The first-order chi connectivity index (χ1) is 14.4. The van der Waals surface area contributed by atoms with Crippen LogP contribution < -0.4 is 4.90 Å². The van der Waals surface area contributed by atoms with Gasteiger partial charge in [0, 0.05) is 0 Å². The Hall–Kier alpha value is -3.12. The Balaban J connectivity index is 1.64. The molecule has 0 fully saturated rings. The topological polar surface area (TPSA) is 57.6 Å². The van der Waals surface area contributed by atoms with Gasteiger partial charge in [-0.05, 0) is 48.7 Å². The third-order valence-corrected chi connectivity index (χ3v) is 6.41. The quantitative estimate of drug-likeness (QED) is 0.624. The molecule has 0 radical (unpaired) electrons. The van der Waals surface area contributed by atoms with E-state index in [9.17, 15) is 14.0 Å². The monoisotopic (exact) mass is 421 g/mol. The molecule has 0 unspecified atom stereocenters. The van der Waals surface area contributed by atoms with Crippen molar-refractivity contribution in [1.29, 1.82) is 0 Å². The molecule has 3 aromatic rings. The van der Waals surface area contributed by atoms with Crippen LogP contribution in [0.2, 0.25) is 0 Å². The highest BCUT2D eigenvalue weighted by Gasteiger charge is 2.35. The zero-order chi connectivity index (χ0) is 21.3. The number of carboxylic acid groups (broad SMARTS) is 1. The standard InChI is InChI=1S/C24H20FNO3S/c1-15-5-7-17(8-6-15)14-26-20-4-2-3-19(25)22(20)30-21(23(26)27)13-16-9-11-18(12-10-16)24(28)29/h2-12,21H,13-14H2,1H3,(H,28,29)/t21-/m1/s1. The summed E-state index contributed by atoms with van der Waals surface area (Å²) in [6, 6.07) is 19.2. The van der Waals surface area contributed by atoms with Crippen molar-refractivity contribution in [3.8, 4) is 0 Å². The number of hydrogen-bond acceptors (Lipinski definition) is 3. The highest BCUT2D eigenvalue weighted by Crippen LogP contribution is 2.42. The molecule has 4 nitrogen and oxygen atoms in total. The Morgan fingerprint density at radius 2 is 1.70 bits per heavy atom. The van der Waals surface area contributed by atoms with Crippen molar-refractivity contribution in [2.75, 3.05) is 4.90 Å². The van der Waals surface area contributed by atoms with Crippen LogP contribution in [-0.2, 0) is 17.8 Å². The van der Waals surface area contributed by atoms with Gasteiger partial charge in [-0.15, -0.1) is 11.8 Å². The maximum Gasteiger partial charge on any atom is 0.335 e. The van der Waals surface area contributed by atoms with E-state index in [2.05, 4.69) is 0 Å². The van der Waals surface area contributed by atoms with Gasteiger partial charge in [-0.25, -0.2) is 9.18 Å². The van der Waals surface area contributed by atoms with Gasteiger partial charge in [-0.1, -0.05) is 48.0 Å². The van der Waals surface area contributed by atoms with Gasteiger partial charge >= 0.3 is 5.97 Å². The molecule has 1 amide bonds. The molecule has 1 aliphatic heterocycles. The van der Waals surface area contributed by atoms with Crippen LogP contribution in [0.25, 0.3) is 0 Å². The average molecular weight is 421 g/mol. The Kier molecular flexibility index (Phi) is 5.59. The summed E-state index contributed by atoms with van der Waals surface area (Å²) < 4.78 is 14.6. The van der Waals surface area contributed by atoms with Crippen LogP contribution in [0.1, 0.15) is 27.0 Å². The molecule has 0 aliphatic carbocycles. The summed E-state index contributed by atoms with van der Waals surface area (Å²) >= 11 is 1.23. The molecule has 152 valence electrons. The van der Waals surface area contributed by atoms with Crippen molar-refractivity contribution in [3.63, 3.8) is 0 Å². The van der Waals surface area contributed by atoms with Gasteiger partial charge in [0.1, 0.15) is 5.82 Å². The van der Waals surface area contributed by atoms with Crippen LogP contribution in [0.4, 0.5) is 10.1 Å². The molecule has 1 N–H and O–H groups in total. The number of halogens is 1. The van der Waals surface area contributed by atoms with E-state index in [-0.39, 0.29) is 17.3 Å². The number of carbonyl (C=O) groups is 2. The molecule has 0 bridgehead atoms. The Bertz CT molecular complexity index is 1100. The normalized spacial score (nSPS) is 15.7. The number of aryl methyl sites for hydroxylation is 1. The number of thioether (sulfide) groups is 1. The molecule has 3 aromatic carbocycles. The van der Waals surface area contributed by atoms with Crippen molar-refractivity contribution in [2.24, 2.45) is 0 Å². The van der Waals surface area contributed by atoms with E-state index in [1.165, 1.54) is 30.0 Å². The molecule has 30 heavy (non-hydrogen) atoms. The van der Waals surface area contributed by atoms with Crippen LogP contribution in [0.3, 0.4) is 0 Å². The average Bonchev–Trinajstić information content (AvgIpc) is 2.73. The van der Waals surface area contributed by atoms with Crippen LogP contribution in [-0.4, -0.2) is 22.2 Å². The van der Waals surface area contributed by atoms with Gasteiger partial charge < -0.3 is 10.0 Å². The lowest BCUT2D eigenvalue weighted by Gasteiger charge is -2.34. The molecule has 0 saturated carbocycles. The summed E-state index contributed by atoms with van der Waals surface area (Å²) in [6.45, 7) is 2.37. The molecule has 0 saturated heterocycles. The van der Waals surface area contributed by atoms with Crippen molar-refractivity contribution >= 4 is 29.3 Å². The number of benzene rings is 3. The van der Waals surface area contributed by atoms with Crippen LogP contribution in [0, 0.1) is 12.7 Å². The van der Waals surface area contributed by atoms with Crippen LogP contribution >= 0.6 is 11.8 Å². The van der Waals surface area contributed by atoms with E-state index in [0.29, 0.717) is 23.5 Å². The molecule has 0 aromatic heterocycles.